The molecule has 2 rings (SSSR count). The lowest BCUT2D eigenvalue weighted by Gasteiger charge is -2.13. The van der Waals surface area contributed by atoms with E-state index >= 15 is 0 Å². The van der Waals surface area contributed by atoms with E-state index in [1.165, 1.54) is 16.8 Å². The second-order valence-corrected chi connectivity index (χ2v) is 5.30. The predicted molar refractivity (Wildman–Crippen MR) is 96.4 cm³/mol. The third kappa shape index (κ3) is 5.24. The number of halogens is 1. The maximum absolute atomic E-state index is 5.36. The van der Waals surface area contributed by atoms with Crippen LogP contribution in [0.3, 0.4) is 0 Å². The molecule has 120 valence electrons. The first-order valence-corrected chi connectivity index (χ1v) is 7.29. The maximum Gasteiger partial charge on any atom is 0.122 e. The smallest absolute Gasteiger partial charge is 0.122 e. The molecule has 0 spiro atoms. The zero-order chi connectivity index (χ0) is 15.1. The largest absolute Gasteiger partial charge is 0.496 e. The van der Waals surface area contributed by atoms with Crippen molar-refractivity contribution >= 4 is 18.1 Å². The maximum atomic E-state index is 5.36. The molecule has 0 saturated carbocycles. The minimum atomic E-state index is 0. The Morgan fingerprint density at radius 1 is 1.00 bits per heavy atom. The zero-order valence-corrected chi connectivity index (χ0v) is 14.3. The van der Waals surface area contributed by atoms with Crippen molar-refractivity contribution in [1.29, 1.82) is 0 Å². The van der Waals surface area contributed by atoms with Gasteiger partial charge in [-0.2, -0.15) is 0 Å². The third-order valence-electron chi connectivity index (χ3n) is 3.55. The van der Waals surface area contributed by atoms with E-state index in [1.54, 1.807) is 7.11 Å². The molecule has 0 amide bonds. The number of nitrogens with zero attached hydrogens (tertiary/aromatic N) is 1. The molecule has 4 heteroatoms. The van der Waals surface area contributed by atoms with E-state index in [0.29, 0.717) is 0 Å². The molecule has 0 aromatic heterocycles. The van der Waals surface area contributed by atoms with Gasteiger partial charge in [0, 0.05) is 26.3 Å². The number of nitrogens with one attached hydrogen (secondary N) is 1. The van der Waals surface area contributed by atoms with Crippen molar-refractivity contribution in [3.63, 3.8) is 0 Å². The number of anilines is 1. The van der Waals surface area contributed by atoms with Gasteiger partial charge in [-0.25, -0.2) is 0 Å². The second kappa shape index (κ2) is 9.34. The Morgan fingerprint density at radius 2 is 1.68 bits per heavy atom. The molecule has 0 saturated heterocycles. The molecule has 0 atom stereocenters. The van der Waals surface area contributed by atoms with Gasteiger partial charge in [0.1, 0.15) is 5.75 Å². The first kappa shape index (κ1) is 18.3. The third-order valence-corrected chi connectivity index (χ3v) is 3.55. The lowest BCUT2D eigenvalue weighted by Crippen LogP contribution is -2.17. The van der Waals surface area contributed by atoms with Crippen molar-refractivity contribution in [2.75, 3.05) is 32.6 Å². The highest BCUT2D eigenvalue weighted by atomic mass is 35.5. The molecule has 22 heavy (non-hydrogen) atoms. The minimum absolute atomic E-state index is 0. The average Bonchev–Trinajstić information content (AvgIpc) is 2.52. The van der Waals surface area contributed by atoms with E-state index in [9.17, 15) is 0 Å². The molecular formula is C18H25ClN2O. The van der Waals surface area contributed by atoms with Crippen LogP contribution in [-0.2, 0) is 13.0 Å². The summed E-state index contributed by atoms with van der Waals surface area (Å²) in [6.07, 6.45) is 0.972. The summed E-state index contributed by atoms with van der Waals surface area (Å²) in [6, 6.07) is 16.8. The van der Waals surface area contributed by atoms with E-state index in [-0.39, 0.29) is 12.4 Å². The number of hydrogen-bond acceptors (Lipinski definition) is 3. The SMILES string of the molecule is COc1ccccc1CCNCc1ccc(N(C)C)cc1.Cl. The summed E-state index contributed by atoms with van der Waals surface area (Å²) < 4.78 is 5.36. The molecule has 2 aromatic carbocycles. The molecule has 1 N–H and O–H groups in total. The Hall–Kier alpha value is -1.71. The van der Waals surface area contributed by atoms with Crippen LogP contribution in [-0.4, -0.2) is 27.7 Å². The average molecular weight is 321 g/mol. The molecule has 3 nitrogen and oxygen atoms in total. The first-order chi connectivity index (χ1) is 10.2. The van der Waals surface area contributed by atoms with Crippen LogP contribution in [0.25, 0.3) is 0 Å². The second-order valence-electron chi connectivity index (χ2n) is 5.30. The molecule has 0 aliphatic heterocycles. The first-order valence-electron chi connectivity index (χ1n) is 7.29. The number of rotatable bonds is 7. The highest BCUT2D eigenvalue weighted by molar-refractivity contribution is 5.85. The fraction of sp³-hybridized carbons (Fsp3) is 0.333. The molecule has 0 radical (unpaired) electrons. The molecule has 0 heterocycles. The Labute approximate surface area is 139 Å². The summed E-state index contributed by atoms with van der Waals surface area (Å²) in [5, 5.41) is 3.48. The molecule has 0 bridgehead atoms. The number of hydrogen-bond donors (Lipinski definition) is 1. The number of para-hydroxylation sites is 1. The van der Waals surface area contributed by atoms with Crippen molar-refractivity contribution in [2.45, 2.75) is 13.0 Å². The quantitative estimate of drug-likeness (QED) is 0.790. The van der Waals surface area contributed by atoms with Gasteiger partial charge >= 0.3 is 0 Å². The van der Waals surface area contributed by atoms with Gasteiger partial charge < -0.3 is 15.0 Å². The summed E-state index contributed by atoms with van der Waals surface area (Å²) in [6.45, 7) is 1.83. The van der Waals surface area contributed by atoms with Crippen molar-refractivity contribution in [3.8, 4) is 5.75 Å². The lowest BCUT2D eigenvalue weighted by atomic mass is 10.1. The molecule has 0 unspecified atom stereocenters. The zero-order valence-electron chi connectivity index (χ0n) is 13.5. The van der Waals surface area contributed by atoms with Gasteiger partial charge in [-0.1, -0.05) is 30.3 Å². The van der Waals surface area contributed by atoms with Gasteiger partial charge in [0.05, 0.1) is 7.11 Å². The summed E-state index contributed by atoms with van der Waals surface area (Å²) in [5.41, 5.74) is 3.78. The summed E-state index contributed by atoms with van der Waals surface area (Å²) in [5.74, 6) is 0.967. The lowest BCUT2D eigenvalue weighted by molar-refractivity contribution is 0.409. The Morgan fingerprint density at radius 3 is 2.32 bits per heavy atom. The molecule has 0 fully saturated rings. The highest BCUT2D eigenvalue weighted by Crippen LogP contribution is 2.17. The van der Waals surface area contributed by atoms with Crippen LogP contribution in [0.4, 0.5) is 5.69 Å². The van der Waals surface area contributed by atoms with Gasteiger partial charge in [-0.3, -0.25) is 0 Å². The molecule has 0 aliphatic rings. The van der Waals surface area contributed by atoms with Gasteiger partial charge in [-0.15, -0.1) is 12.4 Å². The van der Waals surface area contributed by atoms with Crippen LogP contribution in [0, 0.1) is 0 Å². The molecule has 2 aromatic rings. The van der Waals surface area contributed by atoms with Crippen LogP contribution in [0.15, 0.2) is 48.5 Å². The predicted octanol–water partition coefficient (Wildman–Crippen LogP) is 3.52. The van der Waals surface area contributed by atoms with E-state index < -0.39 is 0 Å². The fourth-order valence-electron chi connectivity index (χ4n) is 2.28. The normalized spacial score (nSPS) is 9.95. The van der Waals surface area contributed by atoms with Crippen LogP contribution in [0.1, 0.15) is 11.1 Å². The molecule has 0 aliphatic carbocycles. The van der Waals surface area contributed by atoms with Crippen LogP contribution < -0.4 is 15.0 Å². The molecular weight excluding hydrogens is 296 g/mol. The highest BCUT2D eigenvalue weighted by Gasteiger charge is 2.01. The van der Waals surface area contributed by atoms with Gasteiger partial charge in [0.2, 0.25) is 0 Å². The topological polar surface area (TPSA) is 24.5 Å². The monoisotopic (exact) mass is 320 g/mol. The summed E-state index contributed by atoms with van der Waals surface area (Å²) in [7, 11) is 5.83. The van der Waals surface area contributed by atoms with Crippen LogP contribution >= 0.6 is 12.4 Å². The summed E-state index contributed by atoms with van der Waals surface area (Å²) >= 11 is 0. The van der Waals surface area contributed by atoms with Crippen LogP contribution in [0.5, 0.6) is 5.75 Å². The number of methoxy groups -OCH3 is 1. The standard InChI is InChI=1S/C18H24N2O.ClH/c1-20(2)17-10-8-15(9-11-17)14-19-13-12-16-6-4-5-7-18(16)21-3;/h4-11,19H,12-14H2,1-3H3;1H. The number of ether oxygens (including phenoxy) is 1. The van der Waals surface area contributed by atoms with Crippen molar-refractivity contribution < 1.29 is 4.74 Å². The minimum Gasteiger partial charge on any atom is -0.496 e. The Balaban J connectivity index is 0.00000242. The Kier molecular flexibility index (Phi) is 7.78. The number of benzene rings is 2. The van der Waals surface area contributed by atoms with Gasteiger partial charge in [0.25, 0.3) is 0 Å². The van der Waals surface area contributed by atoms with Crippen LogP contribution in [0.2, 0.25) is 0 Å². The Bertz CT molecular complexity index is 555. The van der Waals surface area contributed by atoms with Crippen molar-refractivity contribution in [1.82, 2.24) is 5.32 Å². The van der Waals surface area contributed by atoms with E-state index in [0.717, 1.165) is 25.3 Å². The van der Waals surface area contributed by atoms with Crippen molar-refractivity contribution in [2.24, 2.45) is 0 Å². The summed E-state index contributed by atoms with van der Waals surface area (Å²) in [4.78, 5) is 2.11. The van der Waals surface area contributed by atoms with Gasteiger partial charge in [-0.05, 0) is 42.3 Å². The van der Waals surface area contributed by atoms with E-state index in [2.05, 4.69) is 60.7 Å². The van der Waals surface area contributed by atoms with E-state index in [1.807, 2.05) is 12.1 Å². The fourth-order valence-corrected chi connectivity index (χ4v) is 2.28. The van der Waals surface area contributed by atoms with Crippen molar-refractivity contribution in [3.05, 3.63) is 59.7 Å². The van der Waals surface area contributed by atoms with E-state index in [4.69, 9.17) is 4.74 Å². The van der Waals surface area contributed by atoms with Gasteiger partial charge in [0.15, 0.2) is 0 Å².